The number of ether oxygens (including phenoxy) is 1. The molecule has 4 aromatic rings. The number of halogens is 2. The number of aliphatic hydroxyl groups excluding tert-OH is 1. The quantitative estimate of drug-likeness (QED) is 0.278. The van der Waals surface area contributed by atoms with E-state index in [1.54, 1.807) is 39.3 Å². The first kappa shape index (κ1) is 29.6. The van der Waals surface area contributed by atoms with Crippen LogP contribution in [0.5, 0.6) is 5.88 Å². The summed E-state index contributed by atoms with van der Waals surface area (Å²) < 4.78 is 33.6. The van der Waals surface area contributed by atoms with Crippen LogP contribution in [0.2, 0.25) is 0 Å². The molecule has 11 heteroatoms. The number of aryl methyl sites for hydroxylation is 1. The number of rotatable bonds is 10. The van der Waals surface area contributed by atoms with Gasteiger partial charge in [-0.3, -0.25) is 4.79 Å². The van der Waals surface area contributed by atoms with Gasteiger partial charge in [-0.05, 0) is 49.7 Å². The molecule has 1 amide bonds. The third-order valence-corrected chi connectivity index (χ3v) is 6.87. The normalized spacial score (nSPS) is 12.2. The van der Waals surface area contributed by atoms with Crippen molar-refractivity contribution in [3.63, 3.8) is 0 Å². The second-order valence-electron chi connectivity index (χ2n) is 10.1. The highest BCUT2D eigenvalue weighted by Crippen LogP contribution is 2.34. The van der Waals surface area contributed by atoms with Crippen LogP contribution in [0, 0.1) is 6.92 Å². The van der Waals surface area contributed by atoms with E-state index in [2.05, 4.69) is 20.3 Å². The first-order valence-electron chi connectivity index (χ1n) is 13.0. The van der Waals surface area contributed by atoms with E-state index >= 15 is 0 Å². The summed E-state index contributed by atoms with van der Waals surface area (Å²) in [6.45, 7) is 2.38. The number of likely N-dealkylation sites (N-methyl/N-ethyl adjacent to an activating group) is 1. The first-order chi connectivity index (χ1) is 19.4. The number of benzene rings is 2. The molecule has 0 bridgehead atoms. The standard InChI is InChI=1S/C30H34F2N6O3/c1-18(20-8-7-9-22(12-20)30(31,32)17-39)34-28-25-15-23(10-11-26(25)35-19(2)36-28)38(5)24-13-21(14-27(40)37(3)4)29(41-6)33-16-24/h7-13,15-16,18,39H,14,17H2,1-6H3,(H,34,35,36)/t18-/m1/s1. The van der Waals surface area contributed by atoms with Crippen molar-refractivity contribution in [2.75, 3.05) is 45.1 Å². The summed E-state index contributed by atoms with van der Waals surface area (Å²) >= 11 is 0. The van der Waals surface area contributed by atoms with Crippen LogP contribution in [-0.4, -0.2) is 65.7 Å². The number of fused-ring (bicyclic) bond motifs is 1. The predicted molar refractivity (Wildman–Crippen MR) is 155 cm³/mol. The van der Waals surface area contributed by atoms with E-state index < -0.39 is 12.5 Å². The second-order valence-corrected chi connectivity index (χ2v) is 10.1. The number of carbonyl (C=O) groups excluding carboxylic acids is 1. The molecule has 0 aliphatic carbocycles. The van der Waals surface area contributed by atoms with Crippen molar-refractivity contribution in [3.8, 4) is 5.88 Å². The van der Waals surface area contributed by atoms with Gasteiger partial charge in [0.05, 0.1) is 30.9 Å². The Hall–Kier alpha value is -4.38. The topological polar surface area (TPSA) is 104 Å². The van der Waals surface area contributed by atoms with Gasteiger partial charge in [0.2, 0.25) is 11.8 Å². The molecule has 1 atom stereocenters. The van der Waals surface area contributed by atoms with E-state index in [1.807, 2.05) is 43.1 Å². The molecular weight excluding hydrogens is 530 g/mol. The van der Waals surface area contributed by atoms with Crippen molar-refractivity contribution in [2.24, 2.45) is 0 Å². The number of methoxy groups -OCH3 is 1. The van der Waals surface area contributed by atoms with Crippen molar-refractivity contribution < 1.29 is 23.4 Å². The number of aliphatic hydroxyl groups is 1. The monoisotopic (exact) mass is 564 g/mol. The van der Waals surface area contributed by atoms with Gasteiger partial charge >= 0.3 is 0 Å². The number of hydrogen-bond acceptors (Lipinski definition) is 8. The summed E-state index contributed by atoms with van der Waals surface area (Å²) in [4.78, 5) is 29.4. The van der Waals surface area contributed by atoms with Gasteiger partial charge in [0.25, 0.3) is 5.92 Å². The third-order valence-electron chi connectivity index (χ3n) is 6.87. The number of pyridine rings is 1. The zero-order valence-corrected chi connectivity index (χ0v) is 23.9. The minimum atomic E-state index is -3.33. The molecule has 9 nitrogen and oxygen atoms in total. The molecule has 2 aromatic carbocycles. The van der Waals surface area contributed by atoms with Crippen LogP contribution in [0.25, 0.3) is 10.9 Å². The van der Waals surface area contributed by atoms with Crippen molar-refractivity contribution >= 4 is 34.0 Å². The maximum absolute atomic E-state index is 14.1. The molecule has 0 aliphatic heterocycles. The van der Waals surface area contributed by atoms with Crippen molar-refractivity contribution in [1.29, 1.82) is 0 Å². The van der Waals surface area contributed by atoms with Gasteiger partial charge in [-0.2, -0.15) is 8.78 Å². The highest BCUT2D eigenvalue weighted by atomic mass is 19.3. The van der Waals surface area contributed by atoms with Gasteiger partial charge in [-0.1, -0.05) is 18.2 Å². The Labute approximate surface area is 237 Å². The Morgan fingerprint density at radius 1 is 1.10 bits per heavy atom. The fraction of sp³-hybridized carbons (Fsp3) is 0.333. The van der Waals surface area contributed by atoms with Crippen molar-refractivity contribution in [1.82, 2.24) is 19.9 Å². The number of amides is 1. The van der Waals surface area contributed by atoms with Crippen LogP contribution < -0.4 is 15.0 Å². The molecule has 2 N–H and O–H groups in total. The summed E-state index contributed by atoms with van der Waals surface area (Å²) in [6, 6.07) is 13.2. The van der Waals surface area contributed by atoms with E-state index in [1.165, 1.54) is 24.1 Å². The Kier molecular flexibility index (Phi) is 8.67. The van der Waals surface area contributed by atoms with Gasteiger partial charge in [-0.15, -0.1) is 0 Å². The molecule has 0 spiro atoms. The number of nitrogens with one attached hydrogen (secondary N) is 1. The average Bonchev–Trinajstić information content (AvgIpc) is 2.96. The number of anilines is 3. The molecule has 2 aromatic heterocycles. The number of hydrogen-bond donors (Lipinski definition) is 2. The van der Waals surface area contributed by atoms with Crippen molar-refractivity contribution in [2.45, 2.75) is 32.2 Å². The lowest BCUT2D eigenvalue weighted by atomic mass is 10.0. The van der Waals surface area contributed by atoms with E-state index in [4.69, 9.17) is 9.84 Å². The number of nitrogens with zero attached hydrogens (tertiary/aromatic N) is 5. The number of aromatic nitrogens is 3. The second kappa shape index (κ2) is 12.0. The summed E-state index contributed by atoms with van der Waals surface area (Å²) in [5.74, 6) is -1.90. The minimum absolute atomic E-state index is 0.0708. The molecular formula is C30H34F2N6O3. The van der Waals surface area contributed by atoms with Crippen LogP contribution >= 0.6 is 0 Å². The lowest BCUT2D eigenvalue weighted by molar-refractivity contribution is -0.128. The largest absolute Gasteiger partial charge is 0.481 e. The summed E-state index contributed by atoms with van der Waals surface area (Å²) in [5.41, 5.74) is 3.33. The van der Waals surface area contributed by atoms with Crippen LogP contribution in [0.3, 0.4) is 0 Å². The summed E-state index contributed by atoms with van der Waals surface area (Å²) in [7, 11) is 6.81. The van der Waals surface area contributed by atoms with E-state index in [0.717, 1.165) is 22.3 Å². The van der Waals surface area contributed by atoms with Gasteiger partial charge in [0.1, 0.15) is 18.2 Å². The maximum atomic E-state index is 14.1. The zero-order chi connectivity index (χ0) is 29.9. The Bertz CT molecular complexity index is 1560. The zero-order valence-electron chi connectivity index (χ0n) is 23.9. The van der Waals surface area contributed by atoms with E-state index in [-0.39, 0.29) is 23.9 Å². The molecule has 0 aliphatic rings. The van der Waals surface area contributed by atoms with Crippen LogP contribution in [0.15, 0.2) is 54.7 Å². The fourth-order valence-corrected chi connectivity index (χ4v) is 4.42. The molecule has 41 heavy (non-hydrogen) atoms. The minimum Gasteiger partial charge on any atom is -0.481 e. The van der Waals surface area contributed by atoms with E-state index in [9.17, 15) is 13.6 Å². The summed E-state index contributed by atoms with van der Waals surface area (Å²) in [5, 5.41) is 13.2. The van der Waals surface area contributed by atoms with Crippen molar-refractivity contribution in [3.05, 3.63) is 77.2 Å². The Balaban J connectivity index is 1.68. The maximum Gasteiger partial charge on any atom is 0.295 e. The lowest BCUT2D eigenvalue weighted by Gasteiger charge is -2.22. The highest BCUT2D eigenvalue weighted by molar-refractivity contribution is 5.92. The number of alkyl halides is 2. The molecule has 0 saturated heterocycles. The average molecular weight is 565 g/mol. The fourth-order valence-electron chi connectivity index (χ4n) is 4.42. The molecule has 216 valence electrons. The summed E-state index contributed by atoms with van der Waals surface area (Å²) in [6.07, 6.45) is 1.82. The van der Waals surface area contributed by atoms with Gasteiger partial charge in [0.15, 0.2) is 0 Å². The van der Waals surface area contributed by atoms with Gasteiger partial charge in [-0.25, -0.2) is 15.0 Å². The Morgan fingerprint density at radius 3 is 2.54 bits per heavy atom. The third kappa shape index (κ3) is 6.51. The molecule has 0 saturated carbocycles. The van der Waals surface area contributed by atoms with Gasteiger partial charge in [0, 0.05) is 49.4 Å². The van der Waals surface area contributed by atoms with Gasteiger partial charge < -0.3 is 25.0 Å². The number of carbonyl (C=O) groups is 1. The molecule has 0 radical (unpaired) electrons. The Morgan fingerprint density at radius 2 is 1.85 bits per heavy atom. The lowest BCUT2D eigenvalue weighted by Crippen LogP contribution is -2.24. The SMILES string of the molecule is COc1ncc(N(C)c2ccc3nc(C)nc(N[C@H](C)c4cccc(C(F)(F)CO)c4)c3c2)cc1CC(=O)N(C)C. The molecule has 0 unspecified atom stereocenters. The predicted octanol–water partition coefficient (Wildman–Crippen LogP) is 5.00. The molecule has 2 heterocycles. The highest BCUT2D eigenvalue weighted by Gasteiger charge is 2.30. The van der Waals surface area contributed by atoms with Crippen LogP contribution in [-0.2, 0) is 17.1 Å². The van der Waals surface area contributed by atoms with Crippen LogP contribution in [0.1, 0.15) is 35.5 Å². The molecule has 0 fully saturated rings. The first-order valence-corrected chi connectivity index (χ1v) is 13.0. The van der Waals surface area contributed by atoms with Crippen LogP contribution in [0.4, 0.5) is 26.0 Å². The van der Waals surface area contributed by atoms with E-state index in [0.29, 0.717) is 28.6 Å². The molecule has 4 rings (SSSR count). The smallest absolute Gasteiger partial charge is 0.295 e.